The van der Waals surface area contributed by atoms with Crippen molar-refractivity contribution in [2.75, 3.05) is 13.1 Å². The molecule has 0 aromatic rings. The Bertz CT molecular complexity index is 144. The fourth-order valence-electron chi connectivity index (χ4n) is 1.18. The first kappa shape index (κ1) is 13.4. The minimum absolute atomic E-state index is 0.0930. The van der Waals surface area contributed by atoms with Gasteiger partial charge in [-0.3, -0.25) is 4.79 Å². The molecule has 0 amide bonds. The van der Waals surface area contributed by atoms with Crippen LogP contribution in [0.25, 0.3) is 0 Å². The van der Waals surface area contributed by atoms with E-state index < -0.39 is 0 Å². The van der Waals surface area contributed by atoms with Crippen molar-refractivity contribution in [2.45, 2.75) is 52.6 Å². The molecule has 0 atom stereocenters. The summed E-state index contributed by atoms with van der Waals surface area (Å²) in [5.74, 6) is -0.130. The van der Waals surface area contributed by atoms with Crippen LogP contribution in [0.15, 0.2) is 0 Å². The predicted octanol–water partition coefficient (Wildman–Crippen LogP) is 2.11. The number of unbranched alkanes of at least 4 members (excludes halogenated alkanes) is 1. The molecular formula is C11H23NO2. The minimum Gasteiger partial charge on any atom is -0.461 e. The molecular weight excluding hydrogens is 178 g/mol. The molecule has 1 N–H and O–H groups in total. The van der Waals surface area contributed by atoms with E-state index in [1.165, 1.54) is 0 Å². The maximum absolute atomic E-state index is 11.2. The van der Waals surface area contributed by atoms with Gasteiger partial charge in [-0.15, -0.1) is 0 Å². The fraction of sp³-hybridized carbons (Fsp3) is 0.909. The smallest absolute Gasteiger partial charge is 0.320 e. The zero-order valence-electron chi connectivity index (χ0n) is 9.64. The first-order valence-electron chi connectivity index (χ1n) is 5.64. The summed E-state index contributed by atoms with van der Waals surface area (Å²) < 4.78 is 5.23. The largest absolute Gasteiger partial charge is 0.461 e. The molecule has 0 aliphatic rings. The lowest BCUT2D eigenvalue weighted by molar-refractivity contribution is -0.148. The standard InChI is InChI=1S/C11H23NO2/c1-4-7-8-12-9-11(13)14-10(5-2)6-3/h10,12H,4-9H2,1-3H3. The van der Waals surface area contributed by atoms with Crippen LogP contribution >= 0.6 is 0 Å². The Kier molecular flexibility index (Phi) is 8.64. The second kappa shape index (κ2) is 9.00. The average Bonchev–Trinajstić information content (AvgIpc) is 2.21. The molecule has 3 nitrogen and oxygen atoms in total. The molecule has 0 aromatic carbocycles. The van der Waals surface area contributed by atoms with E-state index in [4.69, 9.17) is 4.74 Å². The minimum atomic E-state index is -0.130. The lowest BCUT2D eigenvalue weighted by Crippen LogP contribution is -2.28. The Morgan fingerprint density at radius 2 is 1.93 bits per heavy atom. The zero-order chi connectivity index (χ0) is 10.8. The molecule has 14 heavy (non-hydrogen) atoms. The lowest BCUT2D eigenvalue weighted by atomic mass is 10.2. The summed E-state index contributed by atoms with van der Waals surface area (Å²) in [7, 11) is 0. The summed E-state index contributed by atoms with van der Waals surface area (Å²) >= 11 is 0. The summed E-state index contributed by atoms with van der Waals surface area (Å²) in [5.41, 5.74) is 0. The van der Waals surface area contributed by atoms with Gasteiger partial charge in [-0.2, -0.15) is 0 Å². The van der Waals surface area contributed by atoms with E-state index in [9.17, 15) is 4.79 Å². The number of carbonyl (C=O) groups excluding carboxylic acids is 1. The van der Waals surface area contributed by atoms with Gasteiger partial charge in [-0.1, -0.05) is 27.2 Å². The molecule has 0 unspecified atom stereocenters. The Labute approximate surface area is 87.2 Å². The van der Waals surface area contributed by atoms with E-state index in [1.807, 2.05) is 13.8 Å². The maximum atomic E-state index is 11.2. The van der Waals surface area contributed by atoms with Gasteiger partial charge in [0.25, 0.3) is 0 Å². The highest BCUT2D eigenvalue weighted by Crippen LogP contribution is 2.02. The van der Waals surface area contributed by atoms with Crippen LogP contribution in [0.1, 0.15) is 46.5 Å². The molecule has 0 bridgehead atoms. The predicted molar refractivity (Wildman–Crippen MR) is 58.2 cm³/mol. The monoisotopic (exact) mass is 201 g/mol. The maximum Gasteiger partial charge on any atom is 0.320 e. The average molecular weight is 201 g/mol. The van der Waals surface area contributed by atoms with Crippen molar-refractivity contribution < 1.29 is 9.53 Å². The first-order chi connectivity index (χ1) is 6.74. The van der Waals surface area contributed by atoms with Crippen LogP contribution in [0.2, 0.25) is 0 Å². The molecule has 0 spiro atoms. The second-order valence-electron chi connectivity index (χ2n) is 3.46. The van der Waals surface area contributed by atoms with Gasteiger partial charge in [0, 0.05) is 0 Å². The number of carbonyl (C=O) groups is 1. The van der Waals surface area contributed by atoms with Crippen LogP contribution < -0.4 is 5.32 Å². The summed E-state index contributed by atoms with van der Waals surface area (Å²) in [4.78, 5) is 11.2. The number of nitrogens with one attached hydrogen (secondary N) is 1. The highest BCUT2D eigenvalue weighted by Gasteiger charge is 2.09. The topological polar surface area (TPSA) is 38.3 Å². The van der Waals surface area contributed by atoms with Crippen molar-refractivity contribution >= 4 is 5.97 Å². The first-order valence-corrected chi connectivity index (χ1v) is 5.64. The van der Waals surface area contributed by atoms with Crippen molar-refractivity contribution in [3.05, 3.63) is 0 Å². The van der Waals surface area contributed by atoms with Gasteiger partial charge in [-0.05, 0) is 25.8 Å². The van der Waals surface area contributed by atoms with Gasteiger partial charge < -0.3 is 10.1 Å². The Hall–Kier alpha value is -0.570. The molecule has 0 saturated heterocycles. The van der Waals surface area contributed by atoms with Crippen LogP contribution in [0.5, 0.6) is 0 Å². The highest BCUT2D eigenvalue weighted by atomic mass is 16.5. The highest BCUT2D eigenvalue weighted by molar-refractivity contribution is 5.71. The molecule has 0 heterocycles. The molecule has 0 aromatic heterocycles. The van der Waals surface area contributed by atoms with Crippen LogP contribution in [0.3, 0.4) is 0 Å². The van der Waals surface area contributed by atoms with E-state index in [0.717, 1.165) is 32.2 Å². The summed E-state index contributed by atoms with van der Waals surface area (Å²) in [6.45, 7) is 7.44. The fourth-order valence-corrected chi connectivity index (χ4v) is 1.18. The van der Waals surface area contributed by atoms with E-state index >= 15 is 0 Å². The third-order valence-electron chi connectivity index (χ3n) is 2.19. The lowest BCUT2D eigenvalue weighted by Gasteiger charge is -2.13. The molecule has 0 fully saturated rings. The van der Waals surface area contributed by atoms with E-state index in [1.54, 1.807) is 0 Å². The van der Waals surface area contributed by atoms with Gasteiger partial charge >= 0.3 is 5.97 Å². The van der Waals surface area contributed by atoms with E-state index in [2.05, 4.69) is 12.2 Å². The number of rotatable bonds is 8. The van der Waals surface area contributed by atoms with Crippen LogP contribution in [-0.2, 0) is 9.53 Å². The second-order valence-corrected chi connectivity index (χ2v) is 3.46. The summed E-state index contributed by atoms with van der Waals surface area (Å²) in [6.07, 6.45) is 4.15. The molecule has 84 valence electrons. The Morgan fingerprint density at radius 1 is 1.29 bits per heavy atom. The van der Waals surface area contributed by atoms with Gasteiger partial charge in [-0.25, -0.2) is 0 Å². The third kappa shape index (κ3) is 6.89. The number of ether oxygens (including phenoxy) is 1. The van der Waals surface area contributed by atoms with Crippen molar-refractivity contribution in [1.29, 1.82) is 0 Å². The van der Waals surface area contributed by atoms with Crippen LogP contribution in [-0.4, -0.2) is 25.2 Å². The number of esters is 1. The van der Waals surface area contributed by atoms with Gasteiger partial charge in [0.05, 0.1) is 6.54 Å². The zero-order valence-corrected chi connectivity index (χ0v) is 9.64. The Morgan fingerprint density at radius 3 is 2.43 bits per heavy atom. The Balaban J connectivity index is 3.44. The molecule has 3 heteroatoms. The van der Waals surface area contributed by atoms with Crippen molar-refractivity contribution in [3.63, 3.8) is 0 Å². The van der Waals surface area contributed by atoms with Crippen molar-refractivity contribution in [2.24, 2.45) is 0 Å². The van der Waals surface area contributed by atoms with Crippen molar-refractivity contribution in [3.8, 4) is 0 Å². The summed E-state index contributed by atoms with van der Waals surface area (Å²) in [5, 5.41) is 3.07. The van der Waals surface area contributed by atoms with E-state index in [-0.39, 0.29) is 12.1 Å². The molecule has 0 saturated carbocycles. The molecule has 0 aliphatic carbocycles. The summed E-state index contributed by atoms with van der Waals surface area (Å²) in [6, 6.07) is 0. The van der Waals surface area contributed by atoms with Gasteiger partial charge in [0.2, 0.25) is 0 Å². The molecule has 0 rings (SSSR count). The molecule has 0 aliphatic heterocycles. The number of hydrogen-bond donors (Lipinski definition) is 1. The molecule has 0 radical (unpaired) electrons. The van der Waals surface area contributed by atoms with Gasteiger partial charge in [0.15, 0.2) is 0 Å². The van der Waals surface area contributed by atoms with Crippen LogP contribution in [0.4, 0.5) is 0 Å². The van der Waals surface area contributed by atoms with Crippen molar-refractivity contribution in [1.82, 2.24) is 5.32 Å². The van der Waals surface area contributed by atoms with Gasteiger partial charge in [0.1, 0.15) is 6.10 Å². The third-order valence-corrected chi connectivity index (χ3v) is 2.19. The van der Waals surface area contributed by atoms with E-state index in [0.29, 0.717) is 6.54 Å². The number of hydrogen-bond acceptors (Lipinski definition) is 3. The quantitative estimate of drug-likeness (QED) is 0.483. The SMILES string of the molecule is CCCCNCC(=O)OC(CC)CC. The normalized spacial score (nSPS) is 10.6. The van der Waals surface area contributed by atoms with Crippen LogP contribution in [0, 0.1) is 0 Å².